The molecule has 0 aliphatic heterocycles. The summed E-state index contributed by atoms with van der Waals surface area (Å²) in [6.07, 6.45) is 5.06. The summed E-state index contributed by atoms with van der Waals surface area (Å²) in [5.41, 5.74) is 0.921. The predicted octanol–water partition coefficient (Wildman–Crippen LogP) is 4.47. The number of rotatable bonds is 8. The Bertz CT molecular complexity index is 1390. The summed E-state index contributed by atoms with van der Waals surface area (Å²) in [5, 5.41) is 27.5. The number of thiophene rings is 1. The number of halogens is 1. The number of nitrogens with one attached hydrogen (secondary N) is 1. The zero-order chi connectivity index (χ0) is 26.5. The van der Waals surface area contributed by atoms with Crippen LogP contribution in [0.1, 0.15) is 43.0 Å². The Balaban J connectivity index is 1.46. The number of carbonyl (C=O) groups excluding carboxylic acids is 2. The molecule has 38 heavy (non-hydrogen) atoms. The number of carbonyl (C=O) groups is 2. The predicted molar refractivity (Wildman–Crippen MR) is 141 cm³/mol. The Morgan fingerprint density at radius 1 is 1.11 bits per heavy atom. The lowest BCUT2D eigenvalue weighted by Crippen LogP contribution is -2.48. The van der Waals surface area contributed by atoms with Gasteiger partial charge in [-0.1, -0.05) is 31.4 Å². The Morgan fingerprint density at radius 3 is 2.61 bits per heavy atom. The lowest BCUT2D eigenvalue weighted by Gasteiger charge is -2.32. The molecule has 0 radical (unpaired) electrons. The molecule has 0 spiro atoms. The number of aromatic nitrogens is 4. The first kappa shape index (κ1) is 25.5. The van der Waals surface area contributed by atoms with Crippen LogP contribution < -0.4 is 10.2 Å². The minimum absolute atomic E-state index is 0.0320. The third kappa shape index (κ3) is 5.88. The summed E-state index contributed by atoms with van der Waals surface area (Å²) in [4.78, 5) is 30.8. The first-order valence-corrected chi connectivity index (χ1v) is 13.3. The van der Waals surface area contributed by atoms with E-state index in [0.29, 0.717) is 16.1 Å². The van der Waals surface area contributed by atoms with Crippen molar-refractivity contribution in [3.63, 3.8) is 0 Å². The van der Waals surface area contributed by atoms with Gasteiger partial charge in [0.05, 0.1) is 0 Å². The van der Waals surface area contributed by atoms with E-state index in [-0.39, 0.29) is 35.9 Å². The highest BCUT2D eigenvalue weighted by Gasteiger charge is 2.35. The van der Waals surface area contributed by atoms with E-state index in [9.17, 15) is 19.1 Å². The fraction of sp³-hybridized carbons (Fsp3) is 0.296. The number of anilines is 1. The van der Waals surface area contributed by atoms with Crippen LogP contribution in [0.5, 0.6) is 5.75 Å². The first-order valence-electron chi connectivity index (χ1n) is 12.5. The van der Waals surface area contributed by atoms with Crippen molar-refractivity contribution in [2.45, 2.75) is 50.7 Å². The topological polar surface area (TPSA) is 113 Å². The smallest absolute Gasteiger partial charge is 0.251 e. The fourth-order valence-electron chi connectivity index (χ4n) is 4.65. The summed E-state index contributed by atoms with van der Waals surface area (Å²) >= 11 is 1.38. The maximum atomic E-state index is 13.8. The third-order valence-electron chi connectivity index (χ3n) is 6.48. The molecule has 9 nitrogen and oxygen atoms in total. The Hall–Kier alpha value is -4.12. The number of tetrazole rings is 1. The fourth-order valence-corrected chi connectivity index (χ4v) is 5.46. The van der Waals surface area contributed by atoms with Crippen LogP contribution in [-0.2, 0) is 16.1 Å². The molecular weight excluding hydrogens is 507 g/mol. The van der Waals surface area contributed by atoms with Crippen LogP contribution in [0.2, 0.25) is 0 Å². The lowest BCUT2D eigenvalue weighted by molar-refractivity contribution is -0.127. The van der Waals surface area contributed by atoms with Crippen LogP contribution in [0.4, 0.5) is 10.1 Å². The quantitative estimate of drug-likeness (QED) is 0.345. The summed E-state index contributed by atoms with van der Waals surface area (Å²) in [6, 6.07) is 14.6. The summed E-state index contributed by atoms with van der Waals surface area (Å²) in [5.74, 6) is -0.920. The summed E-state index contributed by atoms with van der Waals surface area (Å²) in [6.45, 7) is -0.303. The molecule has 2 aromatic carbocycles. The minimum atomic E-state index is -0.952. The number of benzene rings is 2. The zero-order valence-electron chi connectivity index (χ0n) is 20.5. The van der Waals surface area contributed by atoms with Gasteiger partial charge < -0.3 is 10.4 Å². The molecule has 5 rings (SSSR count). The largest absolute Gasteiger partial charge is 0.508 e. The number of phenolic OH excluding ortho intramolecular Hbond substituents is 1. The molecule has 196 valence electrons. The average molecular weight is 535 g/mol. The van der Waals surface area contributed by atoms with Gasteiger partial charge in [-0.05, 0) is 65.9 Å². The number of nitrogens with zero attached hydrogens (tertiary/aromatic N) is 5. The maximum Gasteiger partial charge on any atom is 0.251 e. The van der Waals surface area contributed by atoms with E-state index < -0.39 is 11.9 Å². The van der Waals surface area contributed by atoms with Gasteiger partial charge in [0.15, 0.2) is 0 Å². The van der Waals surface area contributed by atoms with E-state index in [1.807, 2.05) is 17.5 Å². The second-order valence-corrected chi connectivity index (χ2v) is 10.2. The van der Waals surface area contributed by atoms with Crippen LogP contribution in [-0.4, -0.2) is 43.2 Å². The van der Waals surface area contributed by atoms with Crippen LogP contribution in [0.25, 0.3) is 11.4 Å². The van der Waals surface area contributed by atoms with Crippen molar-refractivity contribution in [3.05, 3.63) is 76.7 Å². The van der Waals surface area contributed by atoms with Gasteiger partial charge in [0.2, 0.25) is 11.7 Å². The van der Waals surface area contributed by atoms with Crippen molar-refractivity contribution in [2.75, 3.05) is 4.90 Å². The highest BCUT2D eigenvalue weighted by Crippen LogP contribution is 2.33. The van der Waals surface area contributed by atoms with E-state index in [1.165, 1.54) is 52.6 Å². The Labute approximate surface area is 222 Å². The molecule has 1 atom stereocenters. The van der Waals surface area contributed by atoms with Gasteiger partial charge in [-0.3, -0.25) is 14.5 Å². The van der Waals surface area contributed by atoms with Crippen molar-refractivity contribution >= 4 is 28.8 Å². The van der Waals surface area contributed by atoms with Crippen molar-refractivity contribution in [1.82, 2.24) is 25.5 Å². The number of aromatic hydroxyl groups is 1. The van der Waals surface area contributed by atoms with Crippen molar-refractivity contribution < 1.29 is 19.1 Å². The third-order valence-corrected chi connectivity index (χ3v) is 7.40. The Kier molecular flexibility index (Phi) is 7.73. The van der Waals surface area contributed by atoms with Gasteiger partial charge in [0.25, 0.3) is 5.91 Å². The van der Waals surface area contributed by atoms with Crippen molar-refractivity contribution in [1.29, 1.82) is 0 Å². The molecule has 0 bridgehead atoms. The van der Waals surface area contributed by atoms with Gasteiger partial charge in [-0.2, -0.15) is 4.80 Å². The minimum Gasteiger partial charge on any atom is -0.508 e. The first-order chi connectivity index (χ1) is 18.5. The molecule has 0 unspecified atom stereocenters. The summed E-state index contributed by atoms with van der Waals surface area (Å²) in [7, 11) is 0. The molecule has 2 N–H and O–H groups in total. The van der Waals surface area contributed by atoms with Crippen LogP contribution in [0.3, 0.4) is 0 Å². The highest BCUT2D eigenvalue weighted by atomic mass is 32.1. The molecule has 1 saturated carbocycles. The molecule has 4 aromatic rings. The van der Waals surface area contributed by atoms with Crippen molar-refractivity contribution in [2.24, 2.45) is 0 Å². The van der Waals surface area contributed by atoms with E-state index in [0.717, 1.165) is 36.9 Å². The normalized spacial score (nSPS) is 14.7. The van der Waals surface area contributed by atoms with E-state index in [1.54, 1.807) is 12.1 Å². The van der Waals surface area contributed by atoms with E-state index >= 15 is 0 Å². The standard InChI is InChI=1S/C27H27FN6O3S/c28-19-13-11-18(12-14-19)26-30-32-33(31-26)17-24(36)34(21-8-4-9-22(35)16-21)25(23-10-5-15-38-23)27(37)29-20-6-2-1-3-7-20/h4-5,8-16,20,25,35H,1-3,6-7,17H2,(H,29,37)/t25-/m1/s1. The number of amides is 2. The summed E-state index contributed by atoms with van der Waals surface area (Å²) < 4.78 is 13.3. The average Bonchev–Trinajstić information content (AvgIpc) is 3.61. The van der Waals surface area contributed by atoms with Gasteiger partial charge in [-0.25, -0.2) is 4.39 Å². The van der Waals surface area contributed by atoms with Gasteiger partial charge in [0.1, 0.15) is 24.2 Å². The molecule has 2 aromatic heterocycles. The molecule has 2 amide bonds. The highest BCUT2D eigenvalue weighted by molar-refractivity contribution is 7.10. The molecule has 0 saturated heterocycles. The Morgan fingerprint density at radius 2 is 1.89 bits per heavy atom. The van der Waals surface area contributed by atoms with Crippen LogP contribution >= 0.6 is 11.3 Å². The molecule has 11 heteroatoms. The number of hydrogen-bond donors (Lipinski definition) is 2. The van der Waals surface area contributed by atoms with Gasteiger partial charge in [0, 0.05) is 28.2 Å². The molecule has 1 aliphatic carbocycles. The second kappa shape index (κ2) is 11.5. The molecule has 1 fully saturated rings. The van der Waals surface area contributed by atoms with E-state index in [2.05, 4.69) is 20.7 Å². The molecule has 1 aliphatic rings. The number of hydrogen-bond acceptors (Lipinski definition) is 7. The monoisotopic (exact) mass is 534 g/mol. The lowest BCUT2D eigenvalue weighted by atomic mass is 9.95. The maximum absolute atomic E-state index is 13.8. The van der Waals surface area contributed by atoms with E-state index in [4.69, 9.17) is 0 Å². The van der Waals surface area contributed by atoms with Crippen molar-refractivity contribution in [3.8, 4) is 17.1 Å². The van der Waals surface area contributed by atoms with Gasteiger partial charge in [-0.15, -0.1) is 21.5 Å². The second-order valence-electron chi connectivity index (χ2n) is 9.20. The van der Waals surface area contributed by atoms with Crippen LogP contribution in [0.15, 0.2) is 66.0 Å². The van der Waals surface area contributed by atoms with Crippen LogP contribution in [0, 0.1) is 5.82 Å². The SMILES string of the molecule is O=C(NC1CCCCC1)[C@@H](c1cccs1)N(C(=O)Cn1nnc(-c2ccc(F)cc2)n1)c1cccc(O)c1. The molecular formula is C27H27FN6O3S. The molecule has 2 heterocycles. The van der Waals surface area contributed by atoms with Gasteiger partial charge >= 0.3 is 0 Å². The number of phenols is 1. The zero-order valence-corrected chi connectivity index (χ0v) is 21.4.